The molecule has 0 rings (SSSR count). The third-order valence-corrected chi connectivity index (χ3v) is 18.3. The van der Waals surface area contributed by atoms with Crippen LogP contribution in [0.15, 0.2) is 24.3 Å². The highest BCUT2D eigenvalue weighted by molar-refractivity contribution is 7.47. The standard InChI is InChI=1S/C73H138O17P2/c1-6-9-12-15-18-21-24-27-29-31-34-36-41-46-51-56-70(75)83-62-68(89-73(78)59-54-49-43-38-35-32-30-28-25-22-19-16-13-10-7-2)64-87-91(79,80)85-60-67(74)61-86-92(81,82)88-65-69(63-84-71(76)57-52-47-44-39-40-45-50-55-66(4)5)90-72(77)58-53-48-42-37-33-26-23-20-17-14-11-8-3/h22,25,28,30,66-69,74H,6-21,23-24,26-27,29,31-65H2,1-5H3,(H,79,80)(H,81,82)/b25-22-,30-28-/t67-,68-,69-/m1/s1. The molecule has 92 heavy (non-hydrogen) atoms. The zero-order chi connectivity index (χ0) is 67.7. The Bertz CT molecular complexity index is 1860. The number of carbonyl (C=O) groups is 4. The van der Waals surface area contributed by atoms with E-state index in [4.69, 9.17) is 37.0 Å². The molecular weight excluding hydrogens is 1210 g/mol. The van der Waals surface area contributed by atoms with Gasteiger partial charge < -0.3 is 33.8 Å². The zero-order valence-corrected chi connectivity index (χ0v) is 61.0. The molecule has 19 heteroatoms. The highest BCUT2D eigenvalue weighted by Gasteiger charge is 2.30. The lowest BCUT2D eigenvalue weighted by atomic mass is 10.0. The van der Waals surface area contributed by atoms with Gasteiger partial charge in [-0.3, -0.25) is 37.3 Å². The second kappa shape index (κ2) is 65.8. The van der Waals surface area contributed by atoms with E-state index in [1.807, 2.05) is 0 Å². The van der Waals surface area contributed by atoms with E-state index in [0.29, 0.717) is 31.6 Å². The van der Waals surface area contributed by atoms with Gasteiger partial charge in [0.05, 0.1) is 26.4 Å². The van der Waals surface area contributed by atoms with Gasteiger partial charge in [0.25, 0.3) is 0 Å². The number of unbranched alkanes of at least 4 members (excludes halogenated alkanes) is 40. The van der Waals surface area contributed by atoms with Crippen LogP contribution in [-0.4, -0.2) is 96.7 Å². The summed E-state index contributed by atoms with van der Waals surface area (Å²) in [5.41, 5.74) is 0. The van der Waals surface area contributed by atoms with Crippen molar-refractivity contribution in [1.29, 1.82) is 0 Å². The Morgan fingerprint density at radius 3 is 0.891 bits per heavy atom. The predicted molar refractivity (Wildman–Crippen MR) is 372 cm³/mol. The molecule has 0 fully saturated rings. The number of allylic oxidation sites excluding steroid dienone is 4. The molecule has 0 saturated carbocycles. The molecule has 0 aromatic carbocycles. The summed E-state index contributed by atoms with van der Waals surface area (Å²) in [5.74, 6) is -1.44. The van der Waals surface area contributed by atoms with Crippen LogP contribution in [0.3, 0.4) is 0 Å². The number of hydrogen-bond acceptors (Lipinski definition) is 15. The smallest absolute Gasteiger partial charge is 0.462 e. The highest BCUT2D eigenvalue weighted by atomic mass is 31.2. The van der Waals surface area contributed by atoms with Gasteiger partial charge in [-0.05, 0) is 57.3 Å². The van der Waals surface area contributed by atoms with Crippen LogP contribution in [-0.2, 0) is 65.4 Å². The van der Waals surface area contributed by atoms with Crippen LogP contribution in [0.5, 0.6) is 0 Å². The van der Waals surface area contributed by atoms with Crippen LogP contribution in [0.25, 0.3) is 0 Å². The van der Waals surface area contributed by atoms with Crippen molar-refractivity contribution in [2.45, 2.75) is 374 Å². The molecule has 542 valence electrons. The molecule has 0 aromatic heterocycles. The van der Waals surface area contributed by atoms with Gasteiger partial charge in [-0.15, -0.1) is 0 Å². The summed E-state index contributed by atoms with van der Waals surface area (Å²) in [6.07, 6.45) is 56.3. The lowest BCUT2D eigenvalue weighted by Gasteiger charge is -2.21. The van der Waals surface area contributed by atoms with E-state index in [1.165, 1.54) is 161 Å². The highest BCUT2D eigenvalue weighted by Crippen LogP contribution is 2.45. The first-order chi connectivity index (χ1) is 44.5. The van der Waals surface area contributed by atoms with E-state index in [-0.39, 0.29) is 25.7 Å². The Hall–Kier alpha value is -2.46. The summed E-state index contributed by atoms with van der Waals surface area (Å²) in [6.45, 7) is 7.15. The second-order valence-electron chi connectivity index (χ2n) is 26.1. The first-order valence-electron chi connectivity index (χ1n) is 37.5. The Labute approximate surface area is 561 Å². The number of aliphatic hydroxyl groups excluding tert-OH is 1. The quantitative estimate of drug-likeness (QED) is 0.0169. The lowest BCUT2D eigenvalue weighted by Crippen LogP contribution is -2.30. The molecule has 5 atom stereocenters. The van der Waals surface area contributed by atoms with Crippen molar-refractivity contribution in [3.63, 3.8) is 0 Å². The van der Waals surface area contributed by atoms with Crippen LogP contribution in [0.4, 0.5) is 0 Å². The van der Waals surface area contributed by atoms with E-state index in [2.05, 4.69) is 58.9 Å². The first-order valence-corrected chi connectivity index (χ1v) is 40.4. The van der Waals surface area contributed by atoms with Gasteiger partial charge in [-0.2, -0.15) is 0 Å². The minimum Gasteiger partial charge on any atom is -0.462 e. The normalized spacial score (nSPS) is 14.2. The maximum Gasteiger partial charge on any atom is 0.472 e. The van der Waals surface area contributed by atoms with Crippen molar-refractivity contribution in [2.24, 2.45) is 5.92 Å². The Morgan fingerprint density at radius 2 is 0.587 bits per heavy atom. The summed E-state index contributed by atoms with van der Waals surface area (Å²) >= 11 is 0. The van der Waals surface area contributed by atoms with Gasteiger partial charge in [0.2, 0.25) is 0 Å². The van der Waals surface area contributed by atoms with Crippen molar-refractivity contribution in [3.8, 4) is 0 Å². The molecular formula is C73H138O17P2. The molecule has 3 N–H and O–H groups in total. The van der Waals surface area contributed by atoms with E-state index in [0.717, 1.165) is 109 Å². The fourth-order valence-electron chi connectivity index (χ4n) is 10.6. The van der Waals surface area contributed by atoms with Gasteiger partial charge in [0, 0.05) is 25.7 Å². The van der Waals surface area contributed by atoms with Crippen LogP contribution in [0, 0.1) is 5.92 Å². The SMILES string of the molecule is CCCCCC/C=C\C=C/CCCCCCCC(=O)O[C@H](COC(=O)CCCCCCCCCCCCCCCCC)COP(=O)(O)OC[C@@H](O)COP(=O)(O)OC[C@@H](COC(=O)CCCCCCCCCC(C)C)OC(=O)CCCCCCCCCCCCCC. The molecule has 0 radical (unpaired) electrons. The Morgan fingerprint density at radius 1 is 0.337 bits per heavy atom. The largest absolute Gasteiger partial charge is 0.472 e. The fraction of sp³-hybridized carbons (Fsp3) is 0.890. The van der Waals surface area contributed by atoms with Crippen molar-refractivity contribution in [1.82, 2.24) is 0 Å². The number of rotatable bonds is 71. The number of hydrogen-bond donors (Lipinski definition) is 3. The molecule has 0 bridgehead atoms. The number of carbonyl (C=O) groups excluding carboxylic acids is 4. The van der Waals surface area contributed by atoms with E-state index in [1.54, 1.807) is 0 Å². The topological polar surface area (TPSA) is 237 Å². The van der Waals surface area contributed by atoms with Gasteiger partial charge in [-0.1, -0.05) is 303 Å². The van der Waals surface area contributed by atoms with E-state index in [9.17, 15) is 43.2 Å². The van der Waals surface area contributed by atoms with Crippen LogP contribution in [0.2, 0.25) is 0 Å². The third kappa shape index (κ3) is 66.2. The van der Waals surface area contributed by atoms with Crippen LogP contribution < -0.4 is 0 Å². The number of phosphoric ester groups is 2. The van der Waals surface area contributed by atoms with Gasteiger partial charge in [0.1, 0.15) is 19.3 Å². The molecule has 0 aromatic rings. The number of esters is 4. The maximum atomic E-state index is 13.0. The van der Waals surface area contributed by atoms with Crippen LogP contribution >= 0.6 is 15.6 Å². The average Bonchev–Trinajstić information content (AvgIpc) is 2.42. The first kappa shape index (κ1) is 89.5. The fourth-order valence-corrected chi connectivity index (χ4v) is 12.2. The van der Waals surface area contributed by atoms with Gasteiger partial charge in [-0.25, -0.2) is 9.13 Å². The Kier molecular flexibility index (Phi) is 64.0. The number of ether oxygens (including phenoxy) is 4. The Balaban J connectivity index is 5.28. The summed E-state index contributed by atoms with van der Waals surface area (Å²) in [4.78, 5) is 72.6. The van der Waals surface area contributed by atoms with Crippen LogP contribution in [0.1, 0.15) is 356 Å². The monoisotopic (exact) mass is 1350 g/mol. The molecule has 0 aliphatic rings. The van der Waals surface area contributed by atoms with Gasteiger partial charge in [0.15, 0.2) is 12.2 Å². The molecule has 0 spiro atoms. The average molecular weight is 1350 g/mol. The maximum absolute atomic E-state index is 13.0. The number of aliphatic hydroxyl groups is 1. The second-order valence-corrected chi connectivity index (χ2v) is 29.0. The van der Waals surface area contributed by atoms with Crippen molar-refractivity contribution in [2.75, 3.05) is 39.6 Å². The summed E-state index contributed by atoms with van der Waals surface area (Å²) in [7, 11) is -9.92. The van der Waals surface area contributed by atoms with Crippen molar-refractivity contribution >= 4 is 39.5 Å². The molecule has 17 nitrogen and oxygen atoms in total. The molecule has 0 heterocycles. The summed E-state index contributed by atoms with van der Waals surface area (Å²) < 4.78 is 68.3. The molecule has 0 aliphatic heterocycles. The van der Waals surface area contributed by atoms with E-state index >= 15 is 0 Å². The summed E-state index contributed by atoms with van der Waals surface area (Å²) in [5, 5.41) is 10.6. The molecule has 0 aliphatic carbocycles. The zero-order valence-electron chi connectivity index (χ0n) is 59.2. The van der Waals surface area contributed by atoms with Gasteiger partial charge >= 0.3 is 39.5 Å². The molecule has 0 amide bonds. The van der Waals surface area contributed by atoms with Crippen molar-refractivity contribution < 1.29 is 80.2 Å². The van der Waals surface area contributed by atoms with E-state index < -0.39 is 97.5 Å². The molecule has 0 saturated heterocycles. The van der Waals surface area contributed by atoms with Crippen molar-refractivity contribution in [3.05, 3.63) is 24.3 Å². The number of phosphoric acid groups is 2. The lowest BCUT2D eigenvalue weighted by molar-refractivity contribution is -0.161. The third-order valence-electron chi connectivity index (χ3n) is 16.4. The molecule has 2 unspecified atom stereocenters. The minimum absolute atomic E-state index is 0.0856. The predicted octanol–water partition coefficient (Wildman–Crippen LogP) is 20.9. The minimum atomic E-state index is -4.96. The summed E-state index contributed by atoms with van der Waals surface area (Å²) in [6, 6.07) is 0.